The smallest absolute Gasteiger partial charge is 0.166 e. The van der Waals surface area contributed by atoms with E-state index in [2.05, 4.69) is 6.92 Å². The van der Waals surface area contributed by atoms with Gasteiger partial charge in [-0.1, -0.05) is 55.8 Å². The highest BCUT2D eigenvalue weighted by Crippen LogP contribution is 2.39. The van der Waals surface area contributed by atoms with Gasteiger partial charge < -0.3 is 9.47 Å². The summed E-state index contributed by atoms with van der Waals surface area (Å²) < 4.78 is 55.0. The highest BCUT2D eigenvalue weighted by Gasteiger charge is 2.27. The summed E-state index contributed by atoms with van der Waals surface area (Å²) in [6.07, 6.45) is 5.14. The summed E-state index contributed by atoms with van der Waals surface area (Å²) in [6, 6.07) is 15.3. The third-order valence-corrected chi connectivity index (χ3v) is 7.30. The number of hydrogen-bond acceptors (Lipinski definition) is 2. The van der Waals surface area contributed by atoms with Crippen molar-refractivity contribution in [2.75, 3.05) is 6.61 Å². The van der Waals surface area contributed by atoms with Crippen LogP contribution in [-0.4, -0.2) is 6.61 Å². The van der Waals surface area contributed by atoms with E-state index in [0.29, 0.717) is 23.7 Å². The molecular formula is C29H29F3O2. The quantitative estimate of drug-likeness (QED) is 0.328. The summed E-state index contributed by atoms with van der Waals surface area (Å²) in [5.74, 6) is -0.965. The SMILES string of the molecule is CCC1CCC(c2ccc(-c3ccc(COc4ccc(C5CO5)cc4F)cc3)c(F)c2F)CC1. The molecule has 0 amide bonds. The number of halogens is 3. The van der Waals surface area contributed by atoms with E-state index in [1.54, 1.807) is 48.5 Å². The predicted octanol–water partition coefficient (Wildman–Crippen LogP) is 8.11. The van der Waals surface area contributed by atoms with E-state index in [4.69, 9.17) is 9.47 Å². The summed E-state index contributed by atoms with van der Waals surface area (Å²) in [5.41, 5.74) is 2.97. The zero-order chi connectivity index (χ0) is 23.7. The molecule has 2 nitrogen and oxygen atoms in total. The van der Waals surface area contributed by atoms with Crippen LogP contribution in [0.3, 0.4) is 0 Å². The largest absolute Gasteiger partial charge is 0.486 e. The van der Waals surface area contributed by atoms with Crippen LogP contribution in [0.4, 0.5) is 13.2 Å². The molecule has 5 heteroatoms. The minimum atomic E-state index is -0.791. The zero-order valence-electron chi connectivity index (χ0n) is 19.3. The highest BCUT2D eigenvalue weighted by molar-refractivity contribution is 5.65. The van der Waals surface area contributed by atoms with Crippen LogP contribution in [0.15, 0.2) is 54.6 Å². The number of benzene rings is 3. The van der Waals surface area contributed by atoms with Gasteiger partial charge in [-0.25, -0.2) is 13.2 Å². The molecule has 1 saturated carbocycles. The van der Waals surface area contributed by atoms with E-state index in [0.717, 1.165) is 43.2 Å². The Morgan fingerprint density at radius 1 is 0.882 bits per heavy atom. The standard InChI is InChI=1S/C29H29F3O2/c1-2-18-3-7-20(8-4-18)23-12-13-24(29(32)28(23)31)21-9-5-19(6-10-21)16-33-26-14-11-22(15-25(26)30)27-17-34-27/h5-6,9-15,18,20,27H,2-4,7-8,16-17H2,1H3. The van der Waals surface area contributed by atoms with Gasteiger partial charge in [-0.2, -0.15) is 0 Å². The number of epoxide rings is 1. The fraction of sp³-hybridized carbons (Fsp3) is 0.379. The molecule has 0 aromatic heterocycles. The Labute approximate surface area is 198 Å². The molecule has 1 atom stereocenters. The molecule has 2 aliphatic rings. The zero-order valence-corrected chi connectivity index (χ0v) is 19.3. The molecule has 0 N–H and O–H groups in total. The molecule has 178 valence electrons. The molecule has 1 heterocycles. The fourth-order valence-electron chi connectivity index (χ4n) is 5.00. The predicted molar refractivity (Wildman–Crippen MR) is 126 cm³/mol. The first kappa shape index (κ1) is 23.0. The second kappa shape index (κ2) is 9.83. The van der Waals surface area contributed by atoms with Crippen molar-refractivity contribution in [1.82, 2.24) is 0 Å². The van der Waals surface area contributed by atoms with Gasteiger partial charge in [0.1, 0.15) is 12.7 Å². The molecule has 3 aromatic rings. The molecular weight excluding hydrogens is 437 g/mol. The molecule has 0 bridgehead atoms. The first-order valence-corrected chi connectivity index (χ1v) is 12.1. The molecule has 1 saturated heterocycles. The van der Waals surface area contributed by atoms with Crippen LogP contribution < -0.4 is 4.74 Å². The van der Waals surface area contributed by atoms with E-state index >= 15 is 4.39 Å². The van der Waals surface area contributed by atoms with Crippen molar-refractivity contribution in [3.05, 3.63) is 88.7 Å². The normalized spacial score (nSPS) is 21.9. The van der Waals surface area contributed by atoms with Crippen LogP contribution >= 0.6 is 0 Å². The minimum Gasteiger partial charge on any atom is -0.486 e. The van der Waals surface area contributed by atoms with Crippen LogP contribution in [0.2, 0.25) is 0 Å². The van der Waals surface area contributed by atoms with Gasteiger partial charge in [0.05, 0.1) is 6.61 Å². The van der Waals surface area contributed by atoms with Crippen molar-refractivity contribution in [1.29, 1.82) is 0 Å². The van der Waals surface area contributed by atoms with Crippen LogP contribution in [0.5, 0.6) is 5.75 Å². The summed E-state index contributed by atoms with van der Waals surface area (Å²) in [7, 11) is 0. The number of rotatable bonds is 7. The Morgan fingerprint density at radius 3 is 2.26 bits per heavy atom. The molecule has 5 rings (SSSR count). The van der Waals surface area contributed by atoms with Gasteiger partial charge in [-0.05, 0) is 71.9 Å². The Balaban J connectivity index is 1.25. The van der Waals surface area contributed by atoms with Gasteiger partial charge in [0.25, 0.3) is 0 Å². The van der Waals surface area contributed by atoms with Gasteiger partial charge in [0, 0.05) is 5.56 Å². The Kier molecular flexibility index (Phi) is 6.64. The molecule has 0 spiro atoms. The maximum absolute atomic E-state index is 15.0. The monoisotopic (exact) mass is 466 g/mol. The average molecular weight is 467 g/mol. The van der Waals surface area contributed by atoms with Gasteiger partial charge >= 0.3 is 0 Å². The molecule has 34 heavy (non-hydrogen) atoms. The second-order valence-electron chi connectivity index (χ2n) is 9.45. The Morgan fingerprint density at radius 2 is 1.62 bits per heavy atom. The summed E-state index contributed by atoms with van der Waals surface area (Å²) in [5, 5.41) is 0. The lowest BCUT2D eigenvalue weighted by Gasteiger charge is -2.28. The minimum absolute atomic E-state index is 0.00789. The van der Waals surface area contributed by atoms with E-state index in [1.807, 2.05) is 0 Å². The Bertz CT molecular complexity index is 1150. The Hall–Kier alpha value is -2.79. The maximum Gasteiger partial charge on any atom is 0.166 e. The number of ether oxygens (including phenoxy) is 2. The topological polar surface area (TPSA) is 21.8 Å². The fourth-order valence-corrected chi connectivity index (χ4v) is 5.00. The van der Waals surface area contributed by atoms with Crippen LogP contribution in [-0.2, 0) is 11.3 Å². The van der Waals surface area contributed by atoms with Crippen LogP contribution in [0, 0.1) is 23.4 Å². The van der Waals surface area contributed by atoms with Gasteiger partial charge in [0.15, 0.2) is 23.2 Å². The van der Waals surface area contributed by atoms with E-state index in [1.165, 1.54) is 6.07 Å². The molecule has 1 aliphatic carbocycles. The summed E-state index contributed by atoms with van der Waals surface area (Å²) in [4.78, 5) is 0. The first-order chi connectivity index (χ1) is 16.5. The van der Waals surface area contributed by atoms with E-state index < -0.39 is 17.5 Å². The molecule has 1 aliphatic heterocycles. The van der Waals surface area contributed by atoms with Gasteiger partial charge in [0.2, 0.25) is 0 Å². The lowest BCUT2D eigenvalue weighted by atomic mass is 9.77. The van der Waals surface area contributed by atoms with E-state index in [9.17, 15) is 8.78 Å². The molecule has 0 radical (unpaired) electrons. The number of hydrogen-bond donors (Lipinski definition) is 0. The third kappa shape index (κ3) is 4.85. The van der Waals surface area contributed by atoms with Crippen molar-refractivity contribution in [3.63, 3.8) is 0 Å². The van der Waals surface area contributed by atoms with Crippen molar-refractivity contribution in [2.24, 2.45) is 5.92 Å². The molecule has 2 fully saturated rings. The lowest BCUT2D eigenvalue weighted by molar-refractivity contribution is 0.290. The van der Waals surface area contributed by atoms with Crippen LogP contribution in [0.1, 0.15) is 67.7 Å². The average Bonchev–Trinajstić information content (AvgIpc) is 3.71. The van der Waals surface area contributed by atoms with Gasteiger partial charge in [-0.15, -0.1) is 0 Å². The maximum atomic E-state index is 15.0. The van der Waals surface area contributed by atoms with Crippen molar-refractivity contribution < 1.29 is 22.6 Å². The summed E-state index contributed by atoms with van der Waals surface area (Å²) in [6.45, 7) is 2.99. The van der Waals surface area contributed by atoms with Crippen molar-refractivity contribution >= 4 is 0 Å². The van der Waals surface area contributed by atoms with Crippen molar-refractivity contribution in [2.45, 2.75) is 57.7 Å². The van der Waals surface area contributed by atoms with Crippen molar-refractivity contribution in [3.8, 4) is 16.9 Å². The first-order valence-electron chi connectivity index (χ1n) is 12.1. The second-order valence-corrected chi connectivity index (χ2v) is 9.45. The highest BCUT2D eigenvalue weighted by atomic mass is 19.2. The molecule has 1 unspecified atom stereocenters. The molecule has 3 aromatic carbocycles. The summed E-state index contributed by atoms with van der Waals surface area (Å²) >= 11 is 0. The third-order valence-electron chi connectivity index (χ3n) is 7.30. The van der Waals surface area contributed by atoms with Crippen LogP contribution in [0.25, 0.3) is 11.1 Å². The lowest BCUT2D eigenvalue weighted by Crippen LogP contribution is -2.14. The van der Waals surface area contributed by atoms with Gasteiger partial charge in [-0.3, -0.25) is 0 Å². The van der Waals surface area contributed by atoms with E-state index in [-0.39, 0.29) is 29.9 Å².